The summed E-state index contributed by atoms with van der Waals surface area (Å²) in [7, 11) is 1.30. The summed E-state index contributed by atoms with van der Waals surface area (Å²) in [5, 5.41) is 11.3. The van der Waals surface area contributed by atoms with Crippen molar-refractivity contribution >= 4 is 27.6 Å². The van der Waals surface area contributed by atoms with E-state index >= 15 is 0 Å². The number of methoxy groups -OCH3 is 1. The second-order valence-electron chi connectivity index (χ2n) is 4.31. The molecule has 0 N–H and O–H groups in total. The van der Waals surface area contributed by atoms with Crippen molar-refractivity contribution in [2.24, 2.45) is 0 Å². The quantitative estimate of drug-likeness (QED) is 0.371. The van der Waals surface area contributed by atoms with Crippen molar-refractivity contribution in [3.05, 3.63) is 39.4 Å². The Labute approximate surface area is 113 Å². The van der Waals surface area contributed by atoms with Gasteiger partial charge in [-0.2, -0.15) is 0 Å². The Morgan fingerprint density at radius 1 is 1.50 bits per heavy atom. The highest BCUT2D eigenvalue weighted by Gasteiger charge is 2.35. The van der Waals surface area contributed by atoms with E-state index in [2.05, 4.69) is 15.9 Å². The summed E-state index contributed by atoms with van der Waals surface area (Å²) in [6.45, 7) is 3.37. The van der Waals surface area contributed by atoms with Crippen molar-refractivity contribution in [3.8, 4) is 0 Å². The van der Waals surface area contributed by atoms with Crippen LogP contribution < -0.4 is 0 Å². The van der Waals surface area contributed by atoms with E-state index in [1.54, 1.807) is 26.0 Å². The molecular formula is C12H14BrNO4. The van der Waals surface area contributed by atoms with Crippen LogP contribution >= 0.6 is 15.9 Å². The third kappa shape index (κ3) is 2.53. The maximum atomic E-state index is 11.8. The van der Waals surface area contributed by atoms with Gasteiger partial charge in [-0.1, -0.05) is 28.1 Å². The number of benzene rings is 1. The van der Waals surface area contributed by atoms with Crippen molar-refractivity contribution in [3.63, 3.8) is 0 Å². The predicted molar refractivity (Wildman–Crippen MR) is 70.8 cm³/mol. The first-order valence-electron chi connectivity index (χ1n) is 5.27. The molecule has 0 bridgehead atoms. The van der Waals surface area contributed by atoms with Crippen LogP contribution in [0.4, 0.5) is 5.69 Å². The number of nitro groups is 1. The Bertz CT molecular complexity index is 485. The Hall–Kier alpha value is -1.43. The Morgan fingerprint density at radius 2 is 2.11 bits per heavy atom. The molecule has 0 spiro atoms. The van der Waals surface area contributed by atoms with Crippen LogP contribution in [0.5, 0.6) is 0 Å². The van der Waals surface area contributed by atoms with Crippen molar-refractivity contribution in [2.75, 3.05) is 7.11 Å². The highest BCUT2D eigenvalue weighted by molar-refractivity contribution is 9.08. The third-order valence-corrected chi connectivity index (χ3v) is 3.41. The monoisotopic (exact) mass is 315 g/mol. The summed E-state index contributed by atoms with van der Waals surface area (Å²) in [4.78, 5) is 22.3. The van der Waals surface area contributed by atoms with E-state index in [-0.39, 0.29) is 5.69 Å². The summed E-state index contributed by atoms with van der Waals surface area (Å²) in [6, 6.07) is 4.71. The largest absolute Gasteiger partial charge is 0.468 e. The van der Waals surface area contributed by atoms with Gasteiger partial charge in [0.2, 0.25) is 0 Å². The van der Waals surface area contributed by atoms with Crippen LogP contribution in [0.1, 0.15) is 25.0 Å². The molecule has 1 aromatic rings. The van der Waals surface area contributed by atoms with E-state index < -0.39 is 16.3 Å². The van der Waals surface area contributed by atoms with Crippen LogP contribution in [0.2, 0.25) is 0 Å². The molecule has 1 aromatic carbocycles. The number of nitrogens with zero attached hydrogens (tertiary/aromatic N) is 1. The zero-order valence-corrected chi connectivity index (χ0v) is 12.0. The summed E-state index contributed by atoms with van der Waals surface area (Å²) < 4.78 is 4.75. The van der Waals surface area contributed by atoms with Crippen LogP contribution in [-0.4, -0.2) is 18.0 Å². The van der Waals surface area contributed by atoms with Gasteiger partial charge >= 0.3 is 5.97 Å². The lowest BCUT2D eigenvalue weighted by Crippen LogP contribution is -2.31. The number of esters is 1. The fourth-order valence-corrected chi connectivity index (χ4v) is 2.43. The smallest absolute Gasteiger partial charge is 0.315 e. The molecule has 0 saturated carbocycles. The third-order valence-electron chi connectivity index (χ3n) is 2.85. The van der Waals surface area contributed by atoms with Gasteiger partial charge in [0.15, 0.2) is 0 Å². The van der Waals surface area contributed by atoms with Gasteiger partial charge in [-0.15, -0.1) is 0 Å². The lowest BCUT2D eigenvalue weighted by atomic mass is 9.81. The number of alkyl halides is 1. The summed E-state index contributed by atoms with van der Waals surface area (Å²) >= 11 is 3.23. The number of hydrogen-bond donors (Lipinski definition) is 0. The molecule has 0 aliphatic rings. The molecule has 0 aromatic heterocycles. The molecule has 0 fully saturated rings. The standard InChI is InChI=1S/C12H14BrNO4/c1-12(2,11(15)18-3)9-5-4-6-10(14(16)17)8(9)7-13/h4-6H,7H2,1-3H3. The van der Waals surface area contributed by atoms with Crippen molar-refractivity contribution in [1.29, 1.82) is 0 Å². The molecule has 0 amide bonds. The summed E-state index contributed by atoms with van der Waals surface area (Å²) in [6.07, 6.45) is 0. The topological polar surface area (TPSA) is 69.4 Å². The number of hydrogen-bond acceptors (Lipinski definition) is 4. The summed E-state index contributed by atoms with van der Waals surface area (Å²) in [5.74, 6) is -0.426. The molecule has 1 rings (SSSR count). The first kappa shape index (κ1) is 14.6. The molecule has 5 nitrogen and oxygen atoms in total. The molecule has 0 radical (unpaired) electrons. The maximum Gasteiger partial charge on any atom is 0.315 e. The second-order valence-corrected chi connectivity index (χ2v) is 4.87. The van der Waals surface area contributed by atoms with E-state index in [9.17, 15) is 14.9 Å². The molecule has 0 unspecified atom stereocenters. The number of nitro benzene ring substituents is 1. The number of carbonyl (C=O) groups is 1. The highest BCUT2D eigenvalue weighted by Crippen LogP contribution is 2.34. The minimum Gasteiger partial charge on any atom is -0.468 e. The molecule has 0 heterocycles. The first-order chi connectivity index (χ1) is 8.36. The molecule has 0 saturated heterocycles. The van der Waals surface area contributed by atoms with Gasteiger partial charge in [-0.3, -0.25) is 14.9 Å². The van der Waals surface area contributed by atoms with Gasteiger partial charge < -0.3 is 4.74 Å². The molecule has 98 valence electrons. The molecule has 6 heteroatoms. The fourth-order valence-electron chi connectivity index (χ4n) is 1.84. The second kappa shape index (κ2) is 5.48. The predicted octanol–water partition coefficient (Wildman–Crippen LogP) is 2.94. The van der Waals surface area contributed by atoms with E-state index in [4.69, 9.17) is 4.74 Å². The minimum atomic E-state index is -0.927. The van der Waals surface area contributed by atoms with Crippen molar-refractivity contribution in [2.45, 2.75) is 24.6 Å². The molecular weight excluding hydrogens is 302 g/mol. The van der Waals surface area contributed by atoms with Crippen LogP contribution in [0.25, 0.3) is 0 Å². The Balaban J connectivity index is 3.46. The van der Waals surface area contributed by atoms with E-state index in [1.165, 1.54) is 13.2 Å². The van der Waals surface area contributed by atoms with E-state index in [1.807, 2.05) is 0 Å². The average molecular weight is 316 g/mol. The average Bonchev–Trinajstić information content (AvgIpc) is 2.36. The molecule has 0 aliphatic heterocycles. The highest BCUT2D eigenvalue weighted by atomic mass is 79.9. The van der Waals surface area contributed by atoms with Crippen LogP contribution in [0.15, 0.2) is 18.2 Å². The number of ether oxygens (including phenoxy) is 1. The Kier molecular flexibility index (Phi) is 4.45. The van der Waals surface area contributed by atoms with Gasteiger partial charge in [0, 0.05) is 17.0 Å². The van der Waals surface area contributed by atoms with Crippen molar-refractivity contribution in [1.82, 2.24) is 0 Å². The molecule has 0 atom stereocenters. The lowest BCUT2D eigenvalue weighted by Gasteiger charge is -2.24. The number of carbonyl (C=O) groups excluding carboxylic acids is 1. The maximum absolute atomic E-state index is 11.8. The minimum absolute atomic E-state index is 0.00125. The Morgan fingerprint density at radius 3 is 2.56 bits per heavy atom. The van der Waals surface area contributed by atoms with Gasteiger partial charge in [0.1, 0.15) is 0 Å². The molecule has 18 heavy (non-hydrogen) atoms. The van der Waals surface area contributed by atoms with Crippen LogP contribution in [-0.2, 0) is 20.3 Å². The SMILES string of the molecule is COC(=O)C(C)(C)c1cccc([N+](=O)[O-])c1CBr. The zero-order chi connectivity index (χ0) is 13.9. The van der Waals surface area contributed by atoms with Gasteiger partial charge in [0.25, 0.3) is 5.69 Å². The van der Waals surface area contributed by atoms with Crippen molar-refractivity contribution < 1.29 is 14.5 Å². The first-order valence-corrected chi connectivity index (χ1v) is 6.39. The van der Waals surface area contributed by atoms with Gasteiger partial charge in [0.05, 0.1) is 17.4 Å². The number of rotatable bonds is 4. The van der Waals surface area contributed by atoms with Gasteiger partial charge in [-0.05, 0) is 19.4 Å². The lowest BCUT2D eigenvalue weighted by molar-refractivity contribution is -0.385. The van der Waals surface area contributed by atoms with Crippen LogP contribution in [0.3, 0.4) is 0 Å². The van der Waals surface area contributed by atoms with E-state index in [0.717, 1.165) is 0 Å². The zero-order valence-electron chi connectivity index (χ0n) is 10.4. The molecule has 0 aliphatic carbocycles. The van der Waals surface area contributed by atoms with Crippen LogP contribution in [0, 0.1) is 10.1 Å². The fraction of sp³-hybridized carbons (Fsp3) is 0.417. The number of halogens is 1. The normalized spacial score (nSPS) is 11.1. The van der Waals surface area contributed by atoms with E-state index in [0.29, 0.717) is 16.5 Å². The summed E-state index contributed by atoms with van der Waals surface area (Å²) in [5.41, 5.74) is 0.170. The van der Waals surface area contributed by atoms with Gasteiger partial charge in [-0.25, -0.2) is 0 Å².